The Kier molecular flexibility index (Phi) is 5.62. The maximum atomic E-state index is 13.0. The number of morpholine rings is 1. The molecule has 0 atom stereocenters. The molecule has 0 amide bonds. The number of anilines is 1. The number of hydrogen-bond donors (Lipinski definition) is 0. The van der Waals surface area contributed by atoms with E-state index in [0.29, 0.717) is 6.54 Å². The van der Waals surface area contributed by atoms with E-state index in [-0.39, 0.29) is 11.2 Å². The molecule has 0 aliphatic carbocycles. The Bertz CT molecular complexity index is 854. The van der Waals surface area contributed by atoms with Crippen LogP contribution in [-0.2, 0) is 16.1 Å². The minimum absolute atomic E-state index is 0.230. The SMILES string of the molecule is CC1(C)CN(Cc2cccs2)CC(=Cc2cccc(N3CCOCC3)n2)C1=O. The molecule has 4 rings (SSSR count). The molecule has 148 valence electrons. The normalized spacial score (nSPS) is 22.0. The Labute approximate surface area is 170 Å². The van der Waals surface area contributed by atoms with Crippen LogP contribution in [0.3, 0.4) is 0 Å². The molecule has 0 N–H and O–H groups in total. The van der Waals surface area contributed by atoms with E-state index in [4.69, 9.17) is 9.72 Å². The van der Waals surface area contributed by atoms with Crippen LogP contribution >= 0.6 is 11.3 Å². The molecule has 0 unspecified atom stereocenters. The smallest absolute Gasteiger partial charge is 0.167 e. The van der Waals surface area contributed by atoms with Gasteiger partial charge in [-0.3, -0.25) is 9.69 Å². The van der Waals surface area contributed by atoms with Crippen LogP contribution in [0.15, 0.2) is 41.3 Å². The zero-order valence-corrected chi connectivity index (χ0v) is 17.4. The van der Waals surface area contributed by atoms with E-state index < -0.39 is 0 Å². The third kappa shape index (κ3) is 4.35. The molecule has 2 aromatic heterocycles. The summed E-state index contributed by atoms with van der Waals surface area (Å²) in [7, 11) is 0. The summed E-state index contributed by atoms with van der Waals surface area (Å²) in [5.41, 5.74) is 1.31. The zero-order valence-electron chi connectivity index (χ0n) is 16.6. The summed E-state index contributed by atoms with van der Waals surface area (Å²) in [5, 5.41) is 2.10. The summed E-state index contributed by atoms with van der Waals surface area (Å²) < 4.78 is 5.43. The van der Waals surface area contributed by atoms with E-state index in [0.717, 1.165) is 56.5 Å². The number of piperidine rings is 1. The van der Waals surface area contributed by atoms with Crippen molar-refractivity contribution in [1.82, 2.24) is 9.88 Å². The van der Waals surface area contributed by atoms with E-state index in [2.05, 4.69) is 27.3 Å². The Hall–Kier alpha value is -2.02. The Morgan fingerprint density at radius 3 is 2.79 bits per heavy atom. The average molecular weight is 398 g/mol. The van der Waals surface area contributed by atoms with Crippen LogP contribution in [0.4, 0.5) is 5.82 Å². The van der Waals surface area contributed by atoms with Crippen molar-refractivity contribution in [2.45, 2.75) is 20.4 Å². The molecule has 2 saturated heterocycles. The third-order valence-electron chi connectivity index (χ3n) is 5.29. The number of aromatic nitrogens is 1. The van der Waals surface area contributed by atoms with Gasteiger partial charge in [0.15, 0.2) is 5.78 Å². The van der Waals surface area contributed by atoms with Crippen molar-refractivity contribution >= 4 is 29.0 Å². The second kappa shape index (κ2) is 8.15. The molecule has 0 radical (unpaired) electrons. The van der Waals surface area contributed by atoms with Crippen molar-refractivity contribution in [1.29, 1.82) is 0 Å². The van der Waals surface area contributed by atoms with E-state index in [1.54, 1.807) is 11.3 Å². The number of carbonyl (C=O) groups is 1. The van der Waals surface area contributed by atoms with Gasteiger partial charge in [0.1, 0.15) is 5.82 Å². The van der Waals surface area contributed by atoms with Crippen LogP contribution in [0.25, 0.3) is 6.08 Å². The molecule has 6 heteroatoms. The zero-order chi connectivity index (χ0) is 19.6. The first kappa shape index (κ1) is 19.3. The molecule has 0 aromatic carbocycles. The quantitative estimate of drug-likeness (QED) is 0.739. The highest BCUT2D eigenvalue weighted by Crippen LogP contribution is 2.31. The van der Waals surface area contributed by atoms with Crippen LogP contribution in [-0.4, -0.2) is 55.1 Å². The highest BCUT2D eigenvalue weighted by atomic mass is 32.1. The van der Waals surface area contributed by atoms with Gasteiger partial charge in [-0.15, -0.1) is 11.3 Å². The second-order valence-corrected chi connectivity index (χ2v) is 9.16. The molecule has 5 nitrogen and oxygen atoms in total. The van der Waals surface area contributed by atoms with Gasteiger partial charge in [0.25, 0.3) is 0 Å². The summed E-state index contributed by atoms with van der Waals surface area (Å²) in [4.78, 5) is 23.8. The number of thiophene rings is 1. The van der Waals surface area contributed by atoms with Gasteiger partial charge < -0.3 is 9.64 Å². The molecule has 0 bridgehead atoms. The first-order valence-electron chi connectivity index (χ1n) is 9.81. The van der Waals surface area contributed by atoms with Crippen LogP contribution in [0.2, 0.25) is 0 Å². The van der Waals surface area contributed by atoms with E-state index >= 15 is 0 Å². The van der Waals surface area contributed by atoms with Gasteiger partial charge in [0, 0.05) is 48.6 Å². The Morgan fingerprint density at radius 2 is 2.04 bits per heavy atom. The van der Waals surface area contributed by atoms with E-state index in [1.165, 1.54) is 4.88 Å². The fourth-order valence-corrected chi connectivity index (χ4v) is 4.69. The predicted octanol–water partition coefficient (Wildman–Crippen LogP) is 3.47. The van der Waals surface area contributed by atoms with Crippen LogP contribution in [0.1, 0.15) is 24.4 Å². The lowest BCUT2D eigenvalue weighted by molar-refractivity contribution is -0.126. The standard InChI is InChI=1S/C22H27N3O2S/c1-22(2)16-24(15-19-6-4-12-28-19)14-17(21(22)26)13-18-5-3-7-20(23-18)25-8-10-27-11-9-25/h3-7,12-13H,8-11,14-16H2,1-2H3. The molecule has 2 aliphatic rings. The van der Waals surface area contributed by atoms with Crippen LogP contribution in [0, 0.1) is 5.41 Å². The maximum Gasteiger partial charge on any atom is 0.167 e. The van der Waals surface area contributed by atoms with Gasteiger partial charge in [-0.2, -0.15) is 0 Å². The summed E-state index contributed by atoms with van der Waals surface area (Å²) in [6, 6.07) is 10.3. The van der Waals surface area contributed by atoms with Crippen molar-refractivity contribution in [2.24, 2.45) is 5.41 Å². The summed E-state index contributed by atoms with van der Waals surface area (Å²) >= 11 is 1.77. The first-order valence-corrected chi connectivity index (χ1v) is 10.7. The Morgan fingerprint density at radius 1 is 1.21 bits per heavy atom. The maximum absolute atomic E-state index is 13.0. The van der Waals surface area contributed by atoms with Crippen LogP contribution in [0.5, 0.6) is 0 Å². The highest BCUT2D eigenvalue weighted by molar-refractivity contribution is 7.09. The Balaban J connectivity index is 1.57. The fourth-order valence-electron chi connectivity index (χ4n) is 3.95. The third-order valence-corrected chi connectivity index (χ3v) is 6.15. The van der Waals surface area contributed by atoms with Gasteiger partial charge in [0.2, 0.25) is 0 Å². The molecule has 4 heterocycles. The number of carbonyl (C=O) groups excluding carboxylic acids is 1. The topological polar surface area (TPSA) is 45.7 Å². The number of likely N-dealkylation sites (tertiary alicyclic amines) is 1. The van der Waals surface area contributed by atoms with Crippen molar-refractivity contribution in [3.05, 3.63) is 51.9 Å². The predicted molar refractivity (Wildman–Crippen MR) is 114 cm³/mol. The van der Waals surface area contributed by atoms with Gasteiger partial charge in [0.05, 0.1) is 18.9 Å². The van der Waals surface area contributed by atoms with Crippen LogP contribution < -0.4 is 4.90 Å². The molecular formula is C22H27N3O2S. The lowest BCUT2D eigenvalue weighted by Crippen LogP contribution is -2.47. The molecule has 0 spiro atoms. The van der Waals surface area contributed by atoms with Crippen molar-refractivity contribution in [3.8, 4) is 0 Å². The number of nitrogens with zero attached hydrogens (tertiary/aromatic N) is 3. The van der Waals surface area contributed by atoms with Gasteiger partial charge in [-0.1, -0.05) is 26.0 Å². The van der Waals surface area contributed by atoms with Crippen molar-refractivity contribution < 1.29 is 9.53 Å². The second-order valence-electron chi connectivity index (χ2n) is 8.13. The fraction of sp³-hybridized carbons (Fsp3) is 0.455. The minimum atomic E-state index is -0.386. The molecule has 2 aliphatic heterocycles. The van der Waals surface area contributed by atoms with Gasteiger partial charge >= 0.3 is 0 Å². The lowest BCUT2D eigenvalue weighted by Gasteiger charge is -2.38. The number of Topliss-reactive ketones (excluding diaryl/α,β-unsaturated/α-hetero) is 1. The van der Waals surface area contributed by atoms with Crippen molar-refractivity contribution in [3.63, 3.8) is 0 Å². The summed E-state index contributed by atoms with van der Waals surface area (Å²) in [5.74, 6) is 1.18. The largest absolute Gasteiger partial charge is 0.378 e. The average Bonchev–Trinajstić information content (AvgIpc) is 3.19. The van der Waals surface area contributed by atoms with Gasteiger partial charge in [-0.05, 0) is 29.7 Å². The number of pyridine rings is 1. The number of ketones is 1. The lowest BCUT2D eigenvalue weighted by atomic mass is 9.79. The minimum Gasteiger partial charge on any atom is -0.378 e. The number of hydrogen-bond acceptors (Lipinski definition) is 6. The molecule has 28 heavy (non-hydrogen) atoms. The van der Waals surface area contributed by atoms with E-state index in [1.807, 2.05) is 38.1 Å². The van der Waals surface area contributed by atoms with Crippen molar-refractivity contribution in [2.75, 3.05) is 44.3 Å². The molecular weight excluding hydrogens is 370 g/mol. The highest BCUT2D eigenvalue weighted by Gasteiger charge is 2.37. The monoisotopic (exact) mass is 397 g/mol. The number of rotatable bonds is 4. The summed E-state index contributed by atoms with van der Waals surface area (Å²) in [6.45, 7) is 9.59. The van der Waals surface area contributed by atoms with Gasteiger partial charge in [-0.25, -0.2) is 4.98 Å². The van der Waals surface area contributed by atoms with E-state index in [9.17, 15) is 4.79 Å². The molecule has 2 aromatic rings. The number of ether oxygens (including phenoxy) is 1. The molecule has 0 saturated carbocycles. The first-order chi connectivity index (χ1) is 13.5. The summed E-state index contributed by atoms with van der Waals surface area (Å²) in [6.07, 6.45) is 1.98. The molecule has 2 fully saturated rings.